The molecule has 3 rings (SSSR count). The molecule has 23 heavy (non-hydrogen) atoms. The van der Waals surface area contributed by atoms with Gasteiger partial charge >= 0.3 is 0 Å². The van der Waals surface area contributed by atoms with E-state index >= 15 is 0 Å². The van der Waals surface area contributed by atoms with Gasteiger partial charge in [0.25, 0.3) is 0 Å². The van der Waals surface area contributed by atoms with Crippen LogP contribution >= 0.6 is 0 Å². The topological polar surface area (TPSA) is 120 Å². The number of benzene rings is 1. The summed E-state index contributed by atoms with van der Waals surface area (Å²) in [5, 5.41) is 28.8. The van der Waals surface area contributed by atoms with Gasteiger partial charge in [0.15, 0.2) is 5.76 Å². The minimum Gasteiger partial charge on any atom is -0.504 e. The average Bonchev–Trinajstić information content (AvgIpc) is 3.18. The van der Waals surface area contributed by atoms with Gasteiger partial charge in [0.1, 0.15) is 11.5 Å². The number of rotatable bonds is 5. The maximum Gasteiger partial charge on any atom is 0.239 e. The van der Waals surface area contributed by atoms with Gasteiger partial charge in [-0.1, -0.05) is 12.1 Å². The average molecular weight is 314 g/mol. The fourth-order valence-corrected chi connectivity index (χ4v) is 2.06. The number of carbonyl (C=O) groups is 1. The number of halogens is 1. The van der Waals surface area contributed by atoms with Crippen LogP contribution in [0.4, 0.5) is 4.39 Å². The van der Waals surface area contributed by atoms with E-state index in [1.54, 1.807) is 12.1 Å². The van der Waals surface area contributed by atoms with Gasteiger partial charge in [0.05, 0.1) is 6.20 Å². The van der Waals surface area contributed by atoms with E-state index in [-0.39, 0.29) is 17.3 Å². The summed E-state index contributed by atoms with van der Waals surface area (Å²) in [6, 6.07) is 6.07. The summed E-state index contributed by atoms with van der Waals surface area (Å²) in [5.74, 6) is -1.37. The van der Waals surface area contributed by atoms with E-state index in [2.05, 4.69) is 30.8 Å². The first-order chi connectivity index (χ1) is 11.1. The number of hydrogen-bond donors (Lipinski definition) is 3. The van der Waals surface area contributed by atoms with Crippen LogP contribution in [0, 0.1) is 5.82 Å². The first-order valence-corrected chi connectivity index (χ1v) is 6.59. The molecule has 116 valence electrons. The summed E-state index contributed by atoms with van der Waals surface area (Å²) in [4.78, 5) is 12.2. The Morgan fingerprint density at radius 1 is 1.39 bits per heavy atom. The SMILES string of the molecule is O=C(C=C(O)c1nn[nH]n1)c1[nH]ncc1Cc1cccc(F)c1. The van der Waals surface area contributed by atoms with Crippen molar-refractivity contribution in [2.24, 2.45) is 0 Å². The Kier molecular flexibility index (Phi) is 3.91. The lowest BCUT2D eigenvalue weighted by molar-refractivity contribution is 0.104. The van der Waals surface area contributed by atoms with Gasteiger partial charge in [-0.05, 0) is 22.9 Å². The van der Waals surface area contributed by atoms with Crippen molar-refractivity contribution in [3.63, 3.8) is 0 Å². The molecule has 0 saturated carbocycles. The normalized spacial score (nSPS) is 11.6. The molecule has 3 N–H and O–H groups in total. The highest BCUT2D eigenvalue weighted by molar-refractivity contribution is 6.07. The second-order valence-corrected chi connectivity index (χ2v) is 4.71. The van der Waals surface area contributed by atoms with Crippen molar-refractivity contribution >= 4 is 11.5 Å². The number of H-pyrrole nitrogens is 2. The second kappa shape index (κ2) is 6.18. The summed E-state index contributed by atoms with van der Waals surface area (Å²) in [6.07, 6.45) is 2.77. The van der Waals surface area contributed by atoms with Gasteiger partial charge in [-0.25, -0.2) is 4.39 Å². The van der Waals surface area contributed by atoms with Crippen LogP contribution in [0.25, 0.3) is 5.76 Å². The van der Waals surface area contributed by atoms with Gasteiger partial charge in [0.2, 0.25) is 11.6 Å². The van der Waals surface area contributed by atoms with Crippen molar-refractivity contribution in [1.29, 1.82) is 0 Å². The Morgan fingerprint density at radius 2 is 2.26 bits per heavy atom. The number of aliphatic hydroxyl groups excluding tert-OH is 1. The molecule has 3 aromatic rings. The first kappa shape index (κ1) is 14.6. The van der Waals surface area contributed by atoms with Crippen LogP contribution in [0.2, 0.25) is 0 Å². The van der Waals surface area contributed by atoms with Gasteiger partial charge < -0.3 is 5.11 Å². The van der Waals surface area contributed by atoms with Crippen molar-refractivity contribution in [2.75, 3.05) is 0 Å². The highest BCUT2D eigenvalue weighted by Gasteiger charge is 2.15. The number of nitrogens with zero attached hydrogens (tertiary/aromatic N) is 4. The number of ketones is 1. The third kappa shape index (κ3) is 3.28. The Balaban J connectivity index is 1.83. The molecule has 9 heteroatoms. The van der Waals surface area contributed by atoms with Gasteiger partial charge in [-0.2, -0.15) is 10.3 Å². The zero-order chi connectivity index (χ0) is 16.2. The highest BCUT2D eigenvalue weighted by Crippen LogP contribution is 2.15. The largest absolute Gasteiger partial charge is 0.504 e. The summed E-state index contributed by atoms with van der Waals surface area (Å²) in [7, 11) is 0. The van der Waals surface area contributed by atoms with E-state index in [0.29, 0.717) is 17.5 Å². The molecule has 0 bridgehead atoms. The van der Waals surface area contributed by atoms with Crippen molar-refractivity contribution in [1.82, 2.24) is 30.8 Å². The lowest BCUT2D eigenvalue weighted by atomic mass is 10.0. The zero-order valence-corrected chi connectivity index (χ0v) is 11.7. The molecule has 0 spiro atoms. The van der Waals surface area contributed by atoms with Crippen LogP contribution in [-0.4, -0.2) is 41.7 Å². The number of tetrazole rings is 1. The third-order valence-corrected chi connectivity index (χ3v) is 3.09. The van der Waals surface area contributed by atoms with E-state index in [1.165, 1.54) is 18.3 Å². The number of aromatic amines is 2. The molecule has 2 aromatic heterocycles. The fraction of sp³-hybridized carbons (Fsp3) is 0.0714. The quantitative estimate of drug-likeness (QED) is 0.372. The summed E-state index contributed by atoms with van der Waals surface area (Å²) in [6.45, 7) is 0. The Morgan fingerprint density at radius 3 is 3.00 bits per heavy atom. The predicted molar refractivity (Wildman–Crippen MR) is 76.9 cm³/mol. The number of allylic oxidation sites excluding steroid dienone is 1. The van der Waals surface area contributed by atoms with Crippen LogP contribution in [0.15, 0.2) is 36.5 Å². The predicted octanol–water partition coefficient (Wildman–Crippen LogP) is 1.43. The van der Waals surface area contributed by atoms with E-state index in [1.807, 2.05) is 0 Å². The lowest BCUT2D eigenvalue weighted by Gasteiger charge is -2.01. The molecule has 0 unspecified atom stereocenters. The van der Waals surface area contributed by atoms with Crippen molar-refractivity contribution in [3.8, 4) is 0 Å². The molecule has 0 aliphatic heterocycles. The van der Waals surface area contributed by atoms with Crippen molar-refractivity contribution < 1.29 is 14.3 Å². The van der Waals surface area contributed by atoms with Crippen LogP contribution in [0.3, 0.4) is 0 Å². The number of nitrogens with one attached hydrogen (secondary N) is 2. The number of aromatic nitrogens is 6. The molecule has 0 fully saturated rings. The molecule has 2 heterocycles. The summed E-state index contributed by atoms with van der Waals surface area (Å²) >= 11 is 0. The van der Waals surface area contributed by atoms with Crippen LogP contribution < -0.4 is 0 Å². The van der Waals surface area contributed by atoms with Gasteiger partial charge in [-0.3, -0.25) is 9.89 Å². The van der Waals surface area contributed by atoms with Crippen molar-refractivity contribution in [2.45, 2.75) is 6.42 Å². The maximum absolute atomic E-state index is 13.2. The molecule has 0 radical (unpaired) electrons. The van der Waals surface area contributed by atoms with Crippen molar-refractivity contribution in [3.05, 3.63) is 65.0 Å². The standard InChI is InChI=1S/C14H11FN6O2/c15-10-3-1-2-8(5-10)4-9-7-16-17-13(9)11(22)6-12(23)14-18-20-21-19-14/h1-3,5-7,23H,4H2,(H,16,17)(H,18,19,20,21). The van der Waals surface area contributed by atoms with E-state index in [4.69, 9.17) is 0 Å². The minimum atomic E-state index is -0.504. The Labute approximate surface area is 129 Å². The number of aliphatic hydroxyl groups is 1. The third-order valence-electron chi connectivity index (χ3n) is 3.09. The minimum absolute atomic E-state index is 0.0930. The molecule has 0 atom stereocenters. The molecule has 8 nitrogen and oxygen atoms in total. The van der Waals surface area contributed by atoms with E-state index < -0.39 is 11.5 Å². The summed E-state index contributed by atoms with van der Waals surface area (Å²) < 4.78 is 13.2. The Bertz CT molecular complexity index is 856. The number of carbonyl (C=O) groups excluding carboxylic acids is 1. The second-order valence-electron chi connectivity index (χ2n) is 4.71. The first-order valence-electron chi connectivity index (χ1n) is 6.59. The monoisotopic (exact) mass is 314 g/mol. The molecule has 0 aliphatic carbocycles. The molecular weight excluding hydrogens is 303 g/mol. The molecule has 0 saturated heterocycles. The van der Waals surface area contributed by atoms with Crippen LogP contribution in [0.1, 0.15) is 27.4 Å². The summed E-state index contributed by atoms with van der Waals surface area (Å²) in [5.41, 5.74) is 1.48. The number of hydrogen-bond acceptors (Lipinski definition) is 6. The maximum atomic E-state index is 13.2. The van der Waals surface area contributed by atoms with E-state index in [9.17, 15) is 14.3 Å². The zero-order valence-electron chi connectivity index (χ0n) is 11.7. The Hall–Kier alpha value is -3.36. The van der Waals surface area contributed by atoms with Crippen LogP contribution in [-0.2, 0) is 6.42 Å². The fourth-order valence-electron chi connectivity index (χ4n) is 2.06. The molecule has 0 amide bonds. The van der Waals surface area contributed by atoms with E-state index in [0.717, 1.165) is 6.08 Å². The van der Waals surface area contributed by atoms with Gasteiger partial charge in [-0.15, -0.1) is 10.2 Å². The smallest absolute Gasteiger partial charge is 0.239 e. The van der Waals surface area contributed by atoms with Gasteiger partial charge in [0, 0.05) is 18.1 Å². The molecular formula is C14H11FN6O2. The molecule has 0 aliphatic rings. The lowest BCUT2D eigenvalue weighted by Crippen LogP contribution is -2.03. The molecule has 1 aromatic carbocycles. The van der Waals surface area contributed by atoms with Crippen LogP contribution in [0.5, 0.6) is 0 Å². The highest BCUT2D eigenvalue weighted by atomic mass is 19.1.